The molecule has 1 aromatic heterocycles. The van der Waals surface area contributed by atoms with Gasteiger partial charge in [-0.3, -0.25) is 9.36 Å². The molecule has 0 spiro atoms. The monoisotopic (exact) mass is 484 g/mol. The first-order valence-electron chi connectivity index (χ1n) is 10.6. The summed E-state index contributed by atoms with van der Waals surface area (Å²) in [6.07, 6.45) is -5.19. The number of nitrogens with zero attached hydrogens (tertiary/aromatic N) is 3. The van der Waals surface area contributed by atoms with Crippen LogP contribution in [0.2, 0.25) is 0 Å². The van der Waals surface area contributed by atoms with Crippen LogP contribution in [0.5, 0.6) is 0 Å². The minimum absolute atomic E-state index is 0.206. The van der Waals surface area contributed by atoms with Crippen molar-refractivity contribution < 1.29 is 17.6 Å². The molecule has 0 saturated carbocycles. The van der Waals surface area contributed by atoms with Gasteiger partial charge < -0.3 is 5.73 Å². The van der Waals surface area contributed by atoms with Crippen LogP contribution in [0.4, 0.5) is 17.6 Å². The van der Waals surface area contributed by atoms with Gasteiger partial charge in [0.2, 0.25) is 0 Å². The summed E-state index contributed by atoms with van der Waals surface area (Å²) in [5.41, 5.74) is 3.25. The topological polar surface area (TPSA) is 82.9 Å². The summed E-state index contributed by atoms with van der Waals surface area (Å²) >= 11 is 0. The molecule has 2 N–H and O–H groups in total. The van der Waals surface area contributed by atoms with Gasteiger partial charge in [-0.2, -0.15) is 23.0 Å². The van der Waals surface area contributed by atoms with Crippen molar-refractivity contribution in [1.82, 2.24) is 14.3 Å². The lowest BCUT2D eigenvalue weighted by Crippen LogP contribution is -2.45. The van der Waals surface area contributed by atoms with Crippen LogP contribution in [-0.4, -0.2) is 14.3 Å². The van der Waals surface area contributed by atoms with Gasteiger partial charge in [-0.25, -0.2) is 9.18 Å². The number of alkyl halides is 3. The van der Waals surface area contributed by atoms with E-state index in [1.807, 2.05) is 0 Å². The molecule has 4 aromatic rings. The molecule has 0 saturated heterocycles. The van der Waals surface area contributed by atoms with Gasteiger partial charge in [0.05, 0.1) is 12.1 Å². The maximum atomic E-state index is 14.5. The second kappa shape index (κ2) is 9.67. The smallest absolute Gasteiger partial charge is 0.322 e. The zero-order valence-corrected chi connectivity index (χ0v) is 18.2. The summed E-state index contributed by atoms with van der Waals surface area (Å²) in [5.74, 6) is -0.790. The van der Waals surface area contributed by atoms with Crippen molar-refractivity contribution in [2.24, 2.45) is 5.73 Å². The van der Waals surface area contributed by atoms with Crippen molar-refractivity contribution in [2.75, 3.05) is 0 Å². The zero-order chi connectivity index (χ0) is 25.2. The lowest BCUT2D eigenvalue weighted by atomic mass is 10.0. The molecular weight excluding hydrogens is 464 g/mol. The van der Waals surface area contributed by atoms with Gasteiger partial charge in [0.1, 0.15) is 17.2 Å². The van der Waals surface area contributed by atoms with Crippen LogP contribution in [-0.2, 0) is 19.1 Å². The zero-order valence-electron chi connectivity index (χ0n) is 18.2. The molecule has 35 heavy (non-hydrogen) atoms. The highest BCUT2D eigenvalue weighted by atomic mass is 19.4. The van der Waals surface area contributed by atoms with Crippen LogP contribution < -0.4 is 17.0 Å². The minimum Gasteiger partial charge on any atom is -0.322 e. The van der Waals surface area contributed by atoms with Crippen molar-refractivity contribution in [3.8, 4) is 5.69 Å². The predicted octanol–water partition coefficient (Wildman–Crippen LogP) is 3.84. The van der Waals surface area contributed by atoms with E-state index in [0.717, 1.165) is 16.7 Å². The Hall–Kier alpha value is -4.05. The fourth-order valence-electron chi connectivity index (χ4n) is 3.75. The Morgan fingerprint density at radius 2 is 1.51 bits per heavy atom. The van der Waals surface area contributed by atoms with Crippen LogP contribution in [0.1, 0.15) is 28.4 Å². The molecule has 0 radical (unpaired) electrons. The number of halogens is 4. The SMILES string of the molecule is NC(Cn1c(=O)c(Cc2ccccc2C(F)(F)F)nn(-c2ccccc2F)c1=O)c1ccccc1. The van der Waals surface area contributed by atoms with Gasteiger partial charge in [0.25, 0.3) is 5.56 Å². The number of hydrogen-bond donors (Lipinski definition) is 1. The molecule has 4 rings (SSSR count). The normalized spacial score (nSPS) is 12.5. The summed E-state index contributed by atoms with van der Waals surface area (Å²) in [6, 6.07) is 17.9. The number of para-hydroxylation sites is 1. The summed E-state index contributed by atoms with van der Waals surface area (Å²) < 4.78 is 56.6. The first kappa shape index (κ1) is 24.1. The van der Waals surface area contributed by atoms with Gasteiger partial charge >= 0.3 is 11.9 Å². The Morgan fingerprint density at radius 3 is 2.20 bits per heavy atom. The molecule has 1 unspecified atom stereocenters. The second-order valence-electron chi connectivity index (χ2n) is 7.86. The Morgan fingerprint density at radius 1 is 0.886 bits per heavy atom. The van der Waals surface area contributed by atoms with Crippen molar-refractivity contribution in [1.29, 1.82) is 0 Å². The largest absolute Gasteiger partial charge is 0.416 e. The Bertz CT molecular complexity index is 1460. The quantitative estimate of drug-likeness (QED) is 0.422. The number of hydrogen-bond acceptors (Lipinski definition) is 4. The van der Waals surface area contributed by atoms with Crippen molar-refractivity contribution in [2.45, 2.75) is 25.2 Å². The number of aromatic nitrogens is 3. The Labute approximate surface area is 196 Å². The van der Waals surface area contributed by atoms with E-state index in [-0.39, 0.29) is 23.5 Å². The van der Waals surface area contributed by atoms with Crippen molar-refractivity contribution >= 4 is 0 Å². The number of benzene rings is 3. The van der Waals surface area contributed by atoms with E-state index < -0.39 is 41.3 Å². The third-order valence-electron chi connectivity index (χ3n) is 5.49. The van der Waals surface area contributed by atoms with Gasteiger partial charge in [-0.1, -0.05) is 60.7 Å². The van der Waals surface area contributed by atoms with Crippen molar-refractivity contribution in [3.63, 3.8) is 0 Å². The van der Waals surface area contributed by atoms with Gasteiger partial charge in [-0.05, 0) is 29.3 Å². The summed E-state index contributed by atoms with van der Waals surface area (Å²) in [7, 11) is 0. The molecule has 0 fully saturated rings. The van der Waals surface area contributed by atoms with E-state index in [0.29, 0.717) is 10.2 Å². The molecule has 0 aliphatic rings. The Balaban J connectivity index is 1.88. The van der Waals surface area contributed by atoms with Crippen LogP contribution >= 0.6 is 0 Å². The highest BCUT2D eigenvalue weighted by Gasteiger charge is 2.33. The standard InChI is InChI=1S/C25H20F4N4O2/c26-19-12-6-7-13-22(19)33-24(35)32(15-20(30)16-8-2-1-3-9-16)23(34)21(31-33)14-17-10-4-5-11-18(17)25(27,28)29/h1-13,20H,14-15,30H2. The molecule has 1 heterocycles. The van der Waals surface area contributed by atoms with E-state index in [2.05, 4.69) is 5.10 Å². The fourth-order valence-corrected chi connectivity index (χ4v) is 3.75. The summed E-state index contributed by atoms with van der Waals surface area (Å²) in [6.45, 7) is -0.285. The average molecular weight is 484 g/mol. The minimum atomic E-state index is -4.66. The molecule has 0 aliphatic heterocycles. The van der Waals surface area contributed by atoms with E-state index in [1.54, 1.807) is 30.3 Å². The summed E-state index contributed by atoms with van der Waals surface area (Å²) in [5, 5.41) is 3.98. The van der Waals surface area contributed by atoms with Crippen LogP contribution in [0.25, 0.3) is 5.69 Å². The first-order valence-corrected chi connectivity index (χ1v) is 10.6. The fraction of sp³-hybridized carbons (Fsp3) is 0.160. The van der Waals surface area contributed by atoms with E-state index in [1.165, 1.54) is 36.4 Å². The highest BCUT2D eigenvalue weighted by molar-refractivity contribution is 5.34. The molecule has 3 aromatic carbocycles. The third-order valence-corrected chi connectivity index (χ3v) is 5.49. The average Bonchev–Trinajstić information content (AvgIpc) is 2.84. The number of rotatable bonds is 6. The lowest BCUT2D eigenvalue weighted by molar-refractivity contribution is -0.138. The summed E-state index contributed by atoms with van der Waals surface area (Å²) in [4.78, 5) is 26.4. The van der Waals surface area contributed by atoms with Gasteiger partial charge in [0.15, 0.2) is 0 Å². The van der Waals surface area contributed by atoms with Crippen LogP contribution in [0.3, 0.4) is 0 Å². The molecule has 0 amide bonds. The van der Waals surface area contributed by atoms with Crippen LogP contribution in [0, 0.1) is 5.82 Å². The molecule has 180 valence electrons. The highest BCUT2D eigenvalue weighted by Crippen LogP contribution is 2.32. The van der Waals surface area contributed by atoms with Gasteiger partial charge in [0, 0.05) is 12.5 Å². The molecule has 0 bridgehead atoms. The van der Waals surface area contributed by atoms with E-state index in [9.17, 15) is 27.2 Å². The van der Waals surface area contributed by atoms with Crippen LogP contribution in [0.15, 0.2) is 88.5 Å². The second-order valence-corrected chi connectivity index (χ2v) is 7.86. The molecule has 10 heteroatoms. The molecule has 1 atom stereocenters. The molecular formula is C25H20F4N4O2. The first-order chi connectivity index (χ1) is 16.7. The Kier molecular flexibility index (Phi) is 6.65. The van der Waals surface area contributed by atoms with E-state index in [4.69, 9.17) is 5.73 Å². The number of nitrogens with two attached hydrogens (primary N) is 1. The molecule has 0 aliphatic carbocycles. The maximum Gasteiger partial charge on any atom is 0.416 e. The maximum absolute atomic E-state index is 14.5. The van der Waals surface area contributed by atoms with Gasteiger partial charge in [-0.15, -0.1) is 0 Å². The van der Waals surface area contributed by atoms with Crippen molar-refractivity contribution in [3.05, 3.63) is 128 Å². The van der Waals surface area contributed by atoms with E-state index >= 15 is 0 Å². The molecule has 6 nitrogen and oxygen atoms in total. The predicted molar refractivity (Wildman–Crippen MR) is 122 cm³/mol. The third kappa shape index (κ3) is 5.07. The lowest BCUT2D eigenvalue weighted by Gasteiger charge is -2.17.